The van der Waals surface area contributed by atoms with Gasteiger partial charge in [-0.25, -0.2) is 0 Å². The smallest absolute Gasteiger partial charge is 0.316 e. The molecule has 0 N–H and O–H groups in total. The molecule has 0 aromatic heterocycles. The van der Waals surface area contributed by atoms with E-state index in [0.717, 1.165) is 5.75 Å². The lowest BCUT2D eigenvalue weighted by molar-refractivity contribution is -0.141. The van der Waals surface area contributed by atoms with Crippen molar-refractivity contribution < 1.29 is 9.53 Å². The number of carbonyl (C=O) groups is 1. The Morgan fingerprint density at radius 3 is 2.52 bits per heavy atom. The lowest BCUT2D eigenvalue weighted by Crippen LogP contribution is -2.39. The highest BCUT2D eigenvalue weighted by Crippen LogP contribution is 2.77. The lowest BCUT2D eigenvalue weighted by atomic mass is 9.68. The summed E-state index contributed by atoms with van der Waals surface area (Å²) >= 11 is 1.96. The number of allylic oxidation sites excluding steroid dienone is 2. The fraction of sp³-hybridized carbons (Fsp3) is 0.423. The van der Waals surface area contributed by atoms with Crippen LogP contribution in [-0.4, -0.2) is 5.97 Å². The van der Waals surface area contributed by atoms with Gasteiger partial charge in [-0.3, -0.25) is 4.79 Å². The van der Waals surface area contributed by atoms with Crippen molar-refractivity contribution in [3.05, 3.63) is 76.2 Å². The van der Waals surface area contributed by atoms with E-state index in [2.05, 4.69) is 63.2 Å². The van der Waals surface area contributed by atoms with Crippen molar-refractivity contribution in [3.8, 4) is 5.75 Å². The highest BCUT2D eigenvalue weighted by Gasteiger charge is 2.66. The minimum atomic E-state index is -0.158. The Balaban J connectivity index is 1.61. The Kier molecular flexibility index (Phi) is 3.56. The summed E-state index contributed by atoms with van der Waals surface area (Å²) in [5.74, 6) is 1.23. The topological polar surface area (TPSA) is 26.3 Å². The summed E-state index contributed by atoms with van der Waals surface area (Å²) in [6.07, 6.45) is 2.49. The number of ether oxygens (including phenoxy) is 1. The predicted molar refractivity (Wildman–Crippen MR) is 117 cm³/mol. The molecule has 2 aromatic rings. The predicted octanol–water partition coefficient (Wildman–Crippen LogP) is 6.50. The number of benzene rings is 2. The molecule has 0 spiro atoms. The number of hydrogen-bond donors (Lipinski definition) is 0. The number of para-hydroxylation sites is 1. The maximum atomic E-state index is 13.4. The molecule has 1 saturated carbocycles. The molecule has 148 valence electrons. The van der Waals surface area contributed by atoms with Crippen molar-refractivity contribution in [2.24, 2.45) is 22.7 Å². The fourth-order valence-corrected chi connectivity index (χ4v) is 8.59. The zero-order chi connectivity index (χ0) is 20.0. The number of carbonyl (C=O) groups excluding carboxylic acids is 1. The van der Waals surface area contributed by atoms with Gasteiger partial charge >= 0.3 is 5.97 Å². The van der Waals surface area contributed by atoms with Crippen LogP contribution in [0.15, 0.2) is 65.1 Å². The summed E-state index contributed by atoms with van der Waals surface area (Å²) in [5, 5.41) is 0.104. The molecule has 0 saturated heterocycles. The summed E-state index contributed by atoms with van der Waals surface area (Å²) in [6, 6.07) is 18.8. The number of fused-ring (bicyclic) bond motifs is 8. The molecule has 4 aliphatic rings. The summed E-state index contributed by atoms with van der Waals surface area (Å²) in [4.78, 5) is 14.9. The van der Waals surface area contributed by atoms with Gasteiger partial charge in [-0.15, -0.1) is 11.8 Å². The molecule has 0 amide bonds. The summed E-state index contributed by atoms with van der Waals surface area (Å²) in [5.41, 5.74) is 4.43. The van der Waals surface area contributed by atoms with E-state index in [1.165, 1.54) is 24.0 Å². The maximum absolute atomic E-state index is 13.4. The molecule has 0 unspecified atom stereocenters. The second kappa shape index (κ2) is 5.78. The summed E-state index contributed by atoms with van der Waals surface area (Å²) in [6.45, 7) is 7.37. The molecular weight excluding hydrogens is 376 g/mol. The van der Waals surface area contributed by atoms with Crippen molar-refractivity contribution in [2.75, 3.05) is 0 Å². The highest BCUT2D eigenvalue weighted by atomic mass is 32.2. The van der Waals surface area contributed by atoms with Gasteiger partial charge in [0.1, 0.15) is 5.75 Å². The van der Waals surface area contributed by atoms with Crippen molar-refractivity contribution in [1.82, 2.24) is 0 Å². The Morgan fingerprint density at radius 2 is 1.72 bits per heavy atom. The minimum Gasteiger partial charge on any atom is -0.426 e. The Labute approximate surface area is 176 Å². The van der Waals surface area contributed by atoms with Gasteiger partial charge in [-0.2, -0.15) is 0 Å². The maximum Gasteiger partial charge on any atom is 0.316 e. The fourth-order valence-electron chi connectivity index (χ4n) is 6.60. The Bertz CT molecular complexity index is 1050. The largest absolute Gasteiger partial charge is 0.426 e. The zero-order valence-corrected chi connectivity index (χ0v) is 18.0. The van der Waals surface area contributed by atoms with Gasteiger partial charge in [-0.1, -0.05) is 69.3 Å². The average Bonchev–Trinajstić information content (AvgIpc) is 3.06. The molecule has 1 fully saturated rings. The summed E-state index contributed by atoms with van der Waals surface area (Å²) < 4.78 is 5.88. The molecule has 2 aromatic carbocycles. The molecule has 0 radical (unpaired) electrons. The zero-order valence-electron chi connectivity index (χ0n) is 17.1. The lowest BCUT2D eigenvalue weighted by Gasteiger charge is -2.45. The number of hydrogen-bond acceptors (Lipinski definition) is 3. The quantitative estimate of drug-likeness (QED) is 0.402. The van der Waals surface area contributed by atoms with Crippen LogP contribution in [0.5, 0.6) is 5.75 Å². The van der Waals surface area contributed by atoms with Crippen LogP contribution < -0.4 is 4.74 Å². The second-order valence-electron chi connectivity index (χ2n) is 9.84. The van der Waals surface area contributed by atoms with E-state index in [0.29, 0.717) is 5.92 Å². The van der Waals surface area contributed by atoms with Crippen LogP contribution in [0.3, 0.4) is 0 Å². The molecule has 2 nitrogen and oxygen atoms in total. The van der Waals surface area contributed by atoms with E-state index in [1.54, 1.807) is 10.5 Å². The first kappa shape index (κ1) is 17.8. The first-order valence-electron chi connectivity index (χ1n) is 10.7. The van der Waals surface area contributed by atoms with Crippen molar-refractivity contribution in [1.29, 1.82) is 0 Å². The molecule has 3 heteroatoms. The van der Waals surface area contributed by atoms with E-state index < -0.39 is 0 Å². The van der Waals surface area contributed by atoms with Crippen molar-refractivity contribution in [3.63, 3.8) is 0 Å². The third-order valence-corrected chi connectivity index (χ3v) is 10.2. The van der Waals surface area contributed by atoms with Gasteiger partial charge in [0.15, 0.2) is 0 Å². The standard InChI is InChI=1S/C26H26O2S/c1-25(2)17-13-14-26(25,3)23-20(17)19-16-11-7-8-12-18(16)28-24(27)21(19)22(29-23)15-9-5-4-6-10-15/h4-12,17,19,21-22H,13-14H2,1-3H3/t17-,19+,21+,22+,26+/m1/s1. The SMILES string of the molecule is CC1(C)[C@@H]2CC[C@@]1(C)C1=C2[C@@H]2c3ccccc3OC(=O)[C@@H]2[C@H](c2ccccc2)S1. The number of thioether (sulfide) groups is 1. The van der Waals surface area contributed by atoms with E-state index in [-0.39, 0.29) is 33.9 Å². The van der Waals surface area contributed by atoms with E-state index in [1.807, 2.05) is 23.9 Å². The molecule has 2 bridgehead atoms. The van der Waals surface area contributed by atoms with Gasteiger partial charge in [0.05, 0.1) is 5.92 Å². The third kappa shape index (κ3) is 2.12. The summed E-state index contributed by atoms with van der Waals surface area (Å²) in [7, 11) is 0. The molecule has 2 aliphatic carbocycles. The third-order valence-electron chi connectivity index (χ3n) is 8.50. The van der Waals surface area contributed by atoms with Crippen LogP contribution in [0.1, 0.15) is 55.9 Å². The average molecular weight is 403 g/mol. The van der Waals surface area contributed by atoms with Crippen LogP contribution in [0.2, 0.25) is 0 Å². The molecule has 2 aliphatic heterocycles. The molecule has 6 rings (SSSR count). The van der Waals surface area contributed by atoms with Crippen LogP contribution in [0.25, 0.3) is 0 Å². The normalized spacial score (nSPS) is 36.3. The van der Waals surface area contributed by atoms with Crippen molar-refractivity contribution in [2.45, 2.75) is 44.8 Å². The van der Waals surface area contributed by atoms with Crippen LogP contribution in [0.4, 0.5) is 0 Å². The molecule has 29 heavy (non-hydrogen) atoms. The first-order valence-corrected chi connectivity index (χ1v) is 11.6. The van der Waals surface area contributed by atoms with Gasteiger partial charge in [0.2, 0.25) is 0 Å². The van der Waals surface area contributed by atoms with Crippen LogP contribution in [0, 0.1) is 22.7 Å². The highest BCUT2D eigenvalue weighted by molar-refractivity contribution is 8.03. The minimum absolute atomic E-state index is 0.0627. The van der Waals surface area contributed by atoms with Crippen LogP contribution >= 0.6 is 11.8 Å². The van der Waals surface area contributed by atoms with Gasteiger partial charge in [-0.05, 0) is 46.3 Å². The van der Waals surface area contributed by atoms with E-state index in [4.69, 9.17) is 4.74 Å². The monoisotopic (exact) mass is 402 g/mol. The molecule has 5 atom stereocenters. The van der Waals surface area contributed by atoms with Gasteiger partial charge in [0.25, 0.3) is 0 Å². The Hall–Kier alpha value is -2.00. The number of esters is 1. The van der Waals surface area contributed by atoms with Gasteiger partial charge in [0, 0.05) is 22.1 Å². The molecular formula is C26H26O2S. The Morgan fingerprint density at radius 1 is 1.00 bits per heavy atom. The van der Waals surface area contributed by atoms with E-state index in [9.17, 15) is 4.79 Å². The van der Waals surface area contributed by atoms with Gasteiger partial charge < -0.3 is 4.74 Å². The number of rotatable bonds is 1. The van der Waals surface area contributed by atoms with Crippen molar-refractivity contribution >= 4 is 17.7 Å². The van der Waals surface area contributed by atoms with E-state index >= 15 is 0 Å². The molecule has 2 heterocycles. The second-order valence-corrected chi connectivity index (χ2v) is 11.0. The first-order chi connectivity index (χ1) is 13.9. The van der Waals surface area contributed by atoms with Crippen LogP contribution in [-0.2, 0) is 4.79 Å².